The molecule has 0 aromatic rings. The molecule has 3 nitrogen and oxygen atoms in total. The number of rotatable bonds is 3. The van der Waals surface area contributed by atoms with Gasteiger partial charge < -0.3 is 14.2 Å². The van der Waals surface area contributed by atoms with Gasteiger partial charge in [-0.3, -0.25) is 0 Å². The van der Waals surface area contributed by atoms with Gasteiger partial charge in [-0.1, -0.05) is 0 Å². The molecule has 17 heavy (non-hydrogen) atoms. The highest BCUT2D eigenvalue weighted by Gasteiger charge is 2.31. The van der Waals surface area contributed by atoms with Crippen LogP contribution >= 0.6 is 0 Å². The normalized spacial score (nSPS) is 27.2. The van der Waals surface area contributed by atoms with Gasteiger partial charge in [0.15, 0.2) is 0 Å². The summed E-state index contributed by atoms with van der Waals surface area (Å²) in [5.41, 5.74) is -0.238. The van der Waals surface area contributed by atoms with Crippen LogP contribution in [0.25, 0.3) is 0 Å². The van der Waals surface area contributed by atoms with Gasteiger partial charge in [0, 0.05) is 6.61 Å². The van der Waals surface area contributed by atoms with E-state index in [1.807, 2.05) is 0 Å². The van der Waals surface area contributed by atoms with Crippen molar-refractivity contribution in [2.24, 2.45) is 0 Å². The molecule has 1 rings (SSSR count). The maximum atomic E-state index is 6.05. The van der Waals surface area contributed by atoms with Crippen LogP contribution < -0.4 is 0 Å². The van der Waals surface area contributed by atoms with E-state index in [4.69, 9.17) is 14.2 Å². The molecule has 1 heterocycles. The van der Waals surface area contributed by atoms with Crippen molar-refractivity contribution in [1.82, 2.24) is 0 Å². The zero-order valence-electron chi connectivity index (χ0n) is 12.2. The van der Waals surface area contributed by atoms with Crippen LogP contribution in [0, 0.1) is 0 Å². The van der Waals surface area contributed by atoms with Crippen molar-refractivity contribution in [2.75, 3.05) is 13.2 Å². The number of hydrogen-bond donors (Lipinski definition) is 0. The fraction of sp³-hybridized carbons (Fsp3) is 1.00. The van der Waals surface area contributed by atoms with E-state index in [1.165, 1.54) is 0 Å². The highest BCUT2D eigenvalue weighted by Crippen LogP contribution is 2.24. The lowest BCUT2D eigenvalue weighted by atomic mass is 10.0. The van der Waals surface area contributed by atoms with E-state index < -0.39 is 0 Å². The molecule has 2 atom stereocenters. The van der Waals surface area contributed by atoms with Crippen LogP contribution in [-0.4, -0.2) is 36.6 Å². The minimum absolute atomic E-state index is 0.0715. The van der Waals surface area contributed by atoms with Crippen molar-refractivity contribution < 1.29 is 14.2 Å². The predicted molar refractivity (Wildman–Crippen MR) is 69.3 cm³/mol. The summed E-state index contributed by atoms with van der Waals surface area (Å²) < 4.78 is 17.6. The average molecular weight is 244 g/mol. The summed E-state index contributed by atoms with van der Waals surface area (Å²) in [5, 5.41) is 0. The largest absolute Gasteiger partial charge is 0.373 e. The van der Waals surface area contributed by atoms with E-state index in [9.17, 15) is 0 Å². The number of ether oxygens (including phenoxy) is 3. The zero-order valence-corrected chi connectivity index (χ0v) is 12.2. The maximum absolute atomic E-state index is 6.05. The van der Waals surface area contributed by atoms with Gasteiger partial charge in [-0.05, 0) is 54.4 Å². The third-order valence-electron chi connectivity index (χ3n) is 2.57. The molecule has 102 valence electrons. The lowest BCUT2D eigenvalue weighted by Crippen LogP contribution is -2.44. The van der Waals surface area contributed by atoms with Gasteiger partial charge in [0.2, 0.25) is 0 Å². The molecule has 0 spiro atoms. The second-order valence-corrected chi connectivity index (χ2v) is 6.74. The molecule has 0 radical (unpaired) electrons. The third kappa shape index (κ3) is 6.39. The molecule has 1 fully saturated rings. The Labute approximate surface area is 106 Å². The van der Waals surface area contributed by atoms with Crippen molar-refractivity contribution in [3.8, 4) is 0 Å². The first-order valence-corrected chi connectivity index (χ1v) is 6.61. The first-order chi connectivity index (χ1) is 7.67. The Balaban J connectivity index is 2.48. The molecule has 1 aliphatic heterocycles. The standard InChI is InChI=1S/C14H28O3/c1-13(2,3)16-10-12-11(8-7-9-15-12)17-14(4,5)6/h11-12H,7-10H2,1-6H3. The average Bonchev–Trinajstić information content (AvgIpc) is 2.12. The van der Waals surface area contributed by atoms with Crippen LogP contribution in [0.4, 0.5) is 0 Å². The Morgan fingerprint density at radius 1 is 1.06 bits per heavy atom. The van der Waals surface area contributed by atoms with Gasteiger partial charge in [-0.15, -0.1) is 0 Å². The van der Waals surface area contributed by atoms with E-state index in [0.29, 0.717) is 6.61 Å². The van der Waals surface area contributed by atoms with E-state index in [-0.39, 0.29) is 23.4 Å². The summed E-state index contributed by atoms with van der Waals surface area (Å²) in [6.07, 6.45) is 2.37. The molecular formula is C14H28O3. The molecule has 2 unspecified atom stereocenters. The highest BCUT2D eigenvalue weighted by molar-refractivity contribution is 4.79. The Kier molecular flexibility index (Phi) is 4.99. The predicted octanol–water partition coefficient (Wildman–Crippen LogP) is 3.16. The second kappa shape index (κ2) is 5.68. The molecule has 0 aliphatic carbocycles. The lowest BCUT2D eigenvalue weighted by molar-refractivity contribution is -0.179. The SMILES string of the molecule is CC(C)(C)OCC1OCCCC1OC(C)(C)C. The third-order valence-corrected chi connectivity index (χ3v) is 2.57. The van der Waals surface area contributed by atoms with Crippen molar-refractivity contribution >= 4 is 0 Å². The Hall–Kier alpha value is -0.120. The van der Waals surface area contributed by atoms with Gasteiger partial charge in [0.05, 0.1) is 23.9 Å². The van der Waals surface area contributed by atoms with Crippen LogP contribution in [0.3, 0.4) is 0 Å². The first kappa shape index (κ1) is 14.9. The summed E-state index contributed by atoms with van der Waals surface area (Å²) in [7, 11) is 0. The second-order valence-electron chi connectivity index (χ2n) is 6.74. The molecule has 0 aromatic heterocycles. The molecule has 1 saturated heterocycles. The Morgan fingerprint density at radius 2 is 1.71 bits per heavy atom. The quantitative estimate of drug-likeness (QED) is 0.763. The fourth-order valence-electron chi connectivity index (χ4n) is 1.89. The molecule has 0 bridgehead atoms. The minimum atomic E-state index is -0.120. The lowest BCUT2D eigenvalue weighted by Gasteiger charge is -2.37. The van der Waals surface area contributed by atoms with Gasteiger partial charge >= 0.3 is 0 Å². The summed E-state index contributed by atoms with van der Waals surface area (Å²) >= 11 is 0. The fourth-order valence-corrected chi connectivity index (χ4v) is 1.89. The molecule has 0 saturated carbocycles. The van der Waals surface area contributed by atoms with Crippen LogP contribution in [0.1, 0.15) is 54.4 Å². The van der Waals surface area contributed by atoms with E-state index >= 15 is 0 Å². The van der Waals surface area contributed by atoms with Crippen molar-refractivity contribution in [3.63, 3.8) is 0 Å². The zero-order chi connectivity index (χ0) is 13.1. The number of hydrogen-bond acceptors (Lipinski definition) is 3. The Morgan fingerprint density at radius 3 is 2.24 bits per heavy atom. The minimum Gasteiger partial charge on any atom is -0.373 e. The van der Waals surface area contributed by atoms with E-state index in [1.54, 1.807) is 0 Å². The van der Waals surface area contributed by atoms with Crippen LogP contribution in [0.2, 0.25) is 0 Å². The van der Waals surface area contributed by atoms with Crippen LogP contribution in [-0.2, 0) is 14.2 Å². The van der Waals surface area contributed by atoms with Crippen LogP contribution in [0.5, 0.6) is 0 Å². The van der Waals surface area contributed by atoms with Crippen LogP contribution in [0.15, 0.2) is 0 Å². The molecule has 0 amide bonds. The molecule has 0 aromatic carbocycles. The van der Waals surface area contributed by atoms with Crippen molar-refractivity contribution in [1.29, 1.82) is 0 Å². The van der Waals surface area contributed by atoms with Gasteiger partial charge in [0.25, 0.3) is 0 Å². The summed E-state index contributed by atoms with van der Waals surface area (Å²) in [4.78, 5) is 0. The summed E-state index contributed by atoms with van der Waals surface area (Å²) in [6, 6.07) is 0. The molecule has 1 aliphatic rings. The van der Waals surface area contributed by atoms with E-state index in [0.717, 1.165) is 19.4 Å². The first-order valence-electron chi connectivity index (χ1n) is 6.61. The molecule has 3 heteroatoms. The van der Waals surface area contributed by atoms with Crippen molar-refractivity contribution in [3.05, 3.63) is 0 Å². The monoisotopic (exact) mass is 244 g/mol. The maximum Gasteiger partial charge on any atom is 0.107 e. The van der Waals surface area contributed by atoms with Gasteiger partial charge in [0.1, 0.15) is 6.10 Å². The van der Waals surface area contributed by atoms with Crippen molar-refractivity contribution in [2.45, 2.75) is 77.8 Å². The van der Waals surface area contributed by atoms with Gasteiger partial charge in [-0.25, -0.2) is 0 Å². The van der Waals surface area contributed by atoms with E-state index in [2.05, 4.69) is 41.5 Å². The molecular weight excluding hydrogens is 216 g/mol. The Bertz CT molecular complexity index is 225. The summed E-state index contributed by atoms with van der Waals surface area (Å²) in [5.74, 6) is 0. The smallest absolute Gasteiger partial charge is 0.107 e. The van der Waals surface area contributed by atoms with Gasteiger partial charge in [-0.2, -0.15) is 0 Å². The molecule has 0 N–H and O–H groups in total. The highest BCUT2D eigenvalue weighted by atomic mass is 16.6. The topological polar surface area (TPSA) is 27.7 Å². The summed E-state index contributed by atoms with van der Waals surface area (Å²) in [6.45, 7) is 13.9.